The van der Waals surface area contributed by atoms with E-state index >= 15 is 17.6 Å². The lowest BCUT2D eigenvalue weighted by atomic mass is 10.0. The van der Waals surface area contributed by atoms with Gasteiger partial charge < -0.3 is 28.2 Å². The van der Waals surface area contributed by atoms with Gasteiger partial charge in [-0.05, 0) is 125 Å². The maximum absolute atomic E-state index is 16.0. The van der Waals surface area contributed by atoms with Gasteiger partial charge in [0.25, 0.3) is 0 Å². The number of aromatic nitrogens is 8. The summed E-state index contributed by atoms with van der Waals surface area (Å²) in [7, 11) is -10.2. The fraction of sp³-hybridized carbons (Fsp3) is 0.111. The van der Waals surface area contributed by atoms with Crippen molar-refractivity contribution in [1.82, 2.24) is 19.9 Å². The first-order chi connectivity index (χ1) is 47.0. The van der Waals surface area contributed by atoms with E-state index in [4.69, 9.17) is 9.97 Å². The van der Waals surface area contributed by atoms with Crippen molar-refractivity contribution in [1.29, 1.82) is 0 Å². The molecule has 100 heavy (non-hydrogen) atoms. The molecule has 7 aromatic heterocycles. The van der Waals surface area contributed by atoms with Gasteiger partial charge in [-0.3, -0.25) is 0 Å². The fourth-order valence-corrected chi connectivity index (χ4v) is 12.1. The summed E-state index contributed by atoms with van der Waals surface area (Å²) in [6.07, 6.45) is 19.5. The van der Waals surface area contributed by atoms with Gasteiger partial charge in [-0.1, -0.05) is 70.8 Å². The predicted molar refractivity (Wildman–Crippen MR) is 362 cm³/mol. The topological polar surface area (TPSA) is 302 Å². The number of nitrogens with zero attached hydrogens (tertiary/aromatic N) is 6. The Kier molecular flexibility index (Phi) is 22.3. The number of nitrogens with one attached hydrogen (secondary N) is 2. The third-order valence-corrected chi connectivity index (χ3v) is 18.7. The van der Waals surface area contributed by atoms with Crippen molar-refractivity contribution in [2.24, 2.45) is 28.2 Å². The number of rotatable bonds is 8. The predicted octanol–water partition coefficient (Wildman–Crippen LogP) is 10.8. The number of benzene rings is 4. The van der Waals surface area contributed by atoms with Crippen LogP contribution >= 0.6 is 0 Å². The van der Waals surface area contributed by atoms with Crippen molar-refractivity contribution in [2.45, 2.75) is 47.3 Å². The first-order valence-corrected chi connectivity index (χ1v) is 35.5. The highest BCUT2D eigenvalue weighted by Gasteiger charge is 2.25. The molecule has 2 aliphatic rings. The van der Waals surface area contributed by atoms with Crippen molar-refractivity contribution >= 4 is 86.8 Å². The molecule has 0 unspecified atom stereocenters. The molecule has 0 amide bonds. The molecule has 28 heteroatoms. The third-order valence-electron chi connectivity index (χ3n) is 15.3. The second kappa shape index (κ2) is 30.3. The zero-order valence-electron chi connectivity index (χ0n) is 54.5. The number of pyridine rings is 4. The van der Waals surface area contributed by atoms with Crippen LogP contribution in [0.1, 0.15) is 45.0 Å². The van der Waals surface area contributed by atoms with Gasteiger partial charge in [-0.25, -0.2) is 61.9 Å². The van der Waals surface area contributed by atoms with Crippen LogP contribution in [0.25, 0.3) is 90.9 Å². The largest absolute Gasteiger partial charge is 0.744 e. The van der Waals surface area contributed by atoms with E-state index in [0.29, 0.717) is 72.7 Å². The molecule has 514 valence electrons. The summed E-state index contributed by atoms with van der Waals surface area (Å²) < 4.78 is 195. The van der Waals surface area contributed by atoms with E-state index in [1.165, 1.54) is 73.3 Å². The van der Waals surface area contributed by atoms with Gasteiger partial charge in [0.2, 0.25) is 24.8 Å². The van der Waals surface area contributed by atoms with Gasteiger partial charge in [0.05, 0.1) is 42.4 Å². The Morgan fingerprint density at radius 2 is 0.500 bits per heavy atom. The van der Waals surface area contributed by atoms with Crippen molar-refractivity contribution in [2.75, 3.05) is 0 Å². The van der Waals surface area contributed by atoms with E-state index in [9.17, 15) is 51.9 Å². The van der Waals surface area contributed by atoms with Crippen LogP contribution < -0.4 is 18.3 Å². The van der Waals surface area contributed by atoms with Gasteiger partial charge in [0.15, 0.2) is 48.1 Å². The van der Waals surface area contributed by atoms with Crippen molar-refractivity contribution in [3.8, 4) is 44.5 Å². The zero-order valence-corrected chi connectivity index (χ0v) is 57.8. The maximum Gasteiger partial charge on any atom is 0.205 e. The van der Waals surface area contributed by atoms with Gasteiger partial charge >= 0.3 is 0 Å². The maximum atomic E-state index is 16.0. The Labute approximate surface area is 574 Å². The van der Waals surface area contributed by atoms with Gasteiger partial charge in [-0.15, -0.1) is 0 Å². The molecule has 0 aliphatic carbocycles. The van der Waals surface area contributed by atoms with E-state index in [0.717, 1.165) is 22.3 Å². The molecule has 4 aromatic carbocycles. The fourth-order valence-electron chi connectivity index (χ4n) is 10.2. The number of hydrogen-bond acceptors (Lipinski definition) is 14. The molecule has 9 heterocycles. The lowest BCUT2D eigenvalue weighted by Crippen LogP contribution is -2.27. The van der Waals surface area contributed by atoms with Crippen LogP contribution in [0.3, 0.4) is 0 Å². The van der Waals surface area contributed by atoms with E-state index in [1.54, 1.807) is 180 Å². The molecule has 0 saturated carbocycles. The molecule has 0 fully saturated rings. The van der Waals surface area contributed by atoms with Crippen LogP contribution in [0.4, 0.5) is 17.6 Å². The number of fused-ring (bicyclic) bond motifs is 8. The van der Waals surface area contributed by atoms with Crippen molar-refractivity contribution < 1.29 is 87.7 Å². The molecule has 2 aliphatic heterocycles. The van der Waals surface area contributed by atoms with Crippen molar-refractivity contribution in [3.05, 3.63) is 263 Å². The van der Waals surface area contributed by atoms with Gasteiger partial charge in [0.1, 0.15) is 68.7 Å². The van der Waals surface area contributed by atoms with Crippen LogP contribution in [0, 0.1) is 51.0 Å². The second-order valence-electron chi connectivity index (χ2n) is 23.1. The molecule has 11 aromatic rings. The number of aromatic amines is 2. The van der Waals surface area contributed by atoms with Crippen LogP contribution in [0.15, 0.2) is 215 Å². The van der Waals surface area contributed by atoms with Gasteiger partial charge in [-0.2, -0.15) is 17.6 Å². The average Bonchev–Trinajstić information content (AvgIpc) is 1.59. The lowest BCUT2D eigenvalue weighted by molar-refractivity contribution is -0.673. The standard InChI is InChI=1S/C44H33F4N8.4C7H8O3S/c1-53-17-13-25(29(45)21-53)41-33-5-7-35(49-33)42(26-14-18-54(2)22-30(26)46)37-9-11-39(51-37)44(28-16-20-56(4)24-32(28)48)40-12-10-38(52-40)43(36-8-6-34(41)50-36)27-15-19-55(3)23-31(27)47;4*1-6-2-4-7(5-3-6)11(8,9)10/h5-24H,1-4H3,(H,49,50,51,52);4*2-5H,1H3,(H,8,9,10)/q+3;;;;/p-3. The quantitative estimate of drug-likeness (QED) is 0.0812. The smallest absolute Gasteiger partial charge is 0.205 e. The summed E-state index contributed by atoms with van der Waals surface area (Å²) in [5, 5.41) is 0. The SMILES string of the molecule is C[n+]1ccc(-c2c3nc(c(-c4cc[n+](C)cc4F)c4ccc([nH]4)c(-c4cc[n+](C)cc4F)c4ccc([nH]4)c(-c4cc[n+](C)cc4F)c4nc2C=C4)C=C3)c(F)c1.Cc1ccc(S(=O)(=O)[O-])cc1.Cc1ccc(S(=O)(=O)[O-])cc1.Cc1ccc(S(=O)(=O)[O-])cc1.Cc1ccc(S(=O)(=O)[O-])cc1. The highest BCUT2D eigenvalue weighted by molar-refractivity contribution is 7.86. The number of hydrogen-bond donors (Lipinski definition) is 2. The first-order valence-electron chi connectivity index (χ1n) is 29.9. The summed E-state index contributed by atoms with van der Waals surface area (Å²) in [6.45, 7) is 7.28. The molecule has 0 spiro atoms. The van der Waals surface area contributed by atoms with E-state index in [1.807, 2.05) is 39.8 Å². The Morgan fingerprint density at radius 3 is 0.720 bits per heavy atom. The summed E-state index contributed by atoms with van der Waals surface area (Å²) in [5.74, 6) is -1.95. The number of H-pyrrole nitrogens is 2. The molecule has 8 bridgehead atoms. The normalized spacial score (nSPS) is 11.8. The van der Waals surface area contributed by atoms with Crippen LogP contribution in [0.5, 0.6) is 0 Å². The lowest BCUT2D eigenvalue weighted by Gasteiger charge is -2.07. The Morgan fingerprint density at radius 1 is 0.300 bits per heavy atom. The van der Waals surface area contributed by atoms with Crippen LogP contribution in [-0.2, 0) is 68.7 Å². The summed E-state index contributed by atoms with van der Waals surface area (Å²) in [6, 6.07) is 37.0. The van der Waals surface area contributed by atoms with Crippen LogP contribution in [-0.4, -0.2) is 71.8 Å². The monoisotopic (exact) mass is 1430 g/mol. The summed E-state index contributed by atoms with van der Waals surface area (Å²) in [4.78, 5) is 16.3. The van der Waals surface area contributed by atoms with Crippen LogP contribution in [0.2, 0.25) is 0 Å². The van der Waals surface area contributed by atoms with Gasteiger partial charge in [0, 0.05) is 90.8 Å². The minimum absolute atomic E-state index is 0.178. The van der Waals surface area contributed by atoms with E-state index in [2.05, 4.69) is 9.97 Å². The molecule has 0 saturated heterocycles. The van der Waals surface area contributed by atoms with Crippen molar-refractivity contribution in [3.63, 3.8) is 0 Å². The molecule has 2 N–H and O–H groups in total. The Bertz CT molecular complexity index is 5240. The highest BCUT2D eigenvalue weighted by Crippen LogP contribution is 2.40. The summed E-state index contributed by atoms with van der Waals surface area (Å²) >= 11 is 0. The van der Waals surface area contributed by atoms with E-state index < -0.39 is 63.7 Å². The zero-order chi connectivity index (χ0) is 72.8. The number of aryl methyl sites for hydroxylation is 8. The third kappa shape index (κ3) is 18.2. The molecule has 20 nitrogen and oxygen atoms in total. The molecule has 13 rings (SSSR count). The molecular formula is C72H62F4N8O12S4. The highest BCUT2D eigenvalue weighted by atomic mass is 32.2. The van der Waals surface area contributed by atoms with E-state index in [-0.39, 0.29) is 36.3 Å². The first kappa shape index (κ1) is 73.7. The minimum atomic E-state index is -4.27. The Hall–Kier alpha value is -10.6. The Balaban J connectivity index is 0.000000210. The molecule has 0 radical (unpaired) electrons. The second-order valence-corrected chi connectivity index (χ2v) is 28.6. The summed E-state index contributed by atoms with van der Waals surface area (Å²) in [5.41, 5.74) is 10.3. The number of halogens is 4. The molecular weight excluding hydrogens is 1370 g/mol. The average molecular weight is 1440 g/mol. The minimum Gasteiger partial charge on any atom is -0.744 e. The molecule has 0 atom stereocenters.